The van der Waals surface area contributed by atoms with Crippen LogP contribution in [-0.4, -0.2) is 186 Å². The van der Waals surface area contributed by atoms with Crippen molar-refractivity contribution in [2.75, 3.05) is 52.0 Å². The number of sulfonamides is 2. The molecule has 0 heterocycles. The Morgan fingerprint density at radius 3 is 1.03 bits per heavy atom. The van der Waals surface area contributed by atoms with Crippen LogP contribution in [0.3, 0.4) is 0 Å². The summed E-state index contributed by atoms with van der Waals surface area (Å²) in [5.41, 5.74) is -7.02. The van der Waals surface area contributed by atoms with Crippen LogP contribution >= 0.6 is 0 Å². The number of rotatable bonds is 43. The van der Waals surface area contributed by atoms with Gasteiger partial charge in [0.05, 0.1) is 59.8 Å². The minimum Gasteiger partial charge on any atom is -0.465 e. The summed E-state index contributed by atoms with van der Waals surface area (Å²) in [6.45, 7) is 67.5. The van der Waals surface area contributed by atoms with Gasteiger partial charge in [0.15, 0.2) is 26.7 Å². The van der Waals surface area contributed by atoms with E-state index in [4.69, 9.17) is 64.8 Å². The molecule has 0 aliphatic rings. The summed E-state index contributed by atoms with van der Waals surface area (Å²) in [5.74, 6) is -1.89. The van der Waals surface area contributed by atoms with Gasteiger partial charge in [0.2, 0.25) is 0 Å². The summed E-state index contributed by atoms with van der Waals surface area (Å²) in [5, 5.41) is 0. The molecular weight excluding hydrogens is 1470 g/mol. The van der Waals surface area contributed by atoms with Crippen molar-refractivity contribution in [2.24, 2.45) is 16.7 Å². The summed E-state index contributed by atoms with van der Waals surface area (Å²) in [6.07, 6.45) is 2.43. The Labute approximate surface area is 615 Å². The second-order valence-electron chi connectivity index (χ2n) is 29.3. The van der Waals surface area contributed by atoms with Crippen molar-refractivity contribution in [1.82, 2.24) is 0 Å². The van der Waals surface area contributed by atoms with Gasteiger partial charge in [0.25, 0.3) is 0 Å². The van der Waals surface area contributed by atoms with Crippen LogP contribution < -0.4 is 51.4 Å². The first kappa shape index (κ1) is 101. The van der Waals surface area contributed by atoms with Crippen molar-refractivity contribution in [3.05, 3.63) is 4.13 Å². The first-order valence-electron chi connectivity index (χ1n) is 31.6. The van der Waals surface area contributed by atoms with Gasteiger partial charge in [-0.25, -0.2) is 16.8 Å². The summed E-state index contributed by atoms with van der Waals surface area (Å²) >= 11 is 0. The van der Waals surface area contributed by atoms with Crippen molar-refractivity contribution >= 4 is 132 Å². The molecule has 0 aromatic carbocycles. The topological polar surface area (TPSA) is 272 Å². The molecule has 0 saturated carbocycles. The molecule has 1 atom stereocenters. The van der Waals surface area contributed by atoms with E-state index < -0.39 is 142 Å². The molecule has 23 nitrogen and oxygen atoms in total. The third-order valence-electron chi connectivity index (χ3n) is 12.4. The Bertz CT molecular complexity index is 2460. The van der Waals surface area contributed by atoms with Crippen LogP contribution in [0.5, 0.6) is 0 Å². The third-order valence-corrected chi connectivity index (χ3v) is 57.1. The fraction of sp³-hybridized carbons (Fsp3) is 0.943. The first-order valence-corrected chi connectivity index (χ1v) is 66.5. The second-order valence-corrected chi connectivity index (χ2v) is 74.4. The van der Waals surface area contributed by atoms with E-state index in [2.05, 4.69) is 151 Å². The van der Waals surface area contributed by atoms with Crippen LogP contribution in [0.15, 0.2) is 0 Å². The maximum Gasteiger partial charge on any atom is 1.00 e. The number of hydrogen-bond donors (Lipinski definition) is 0. The van der Waals surface area contributed by atoms with Crippen LogP contribution in [0.1, 0.15) is 94.4 Å². The number of nitrogens with zero attached hydrogens (tertiary/aromatic N) is 1. The van der Waals surface area contributed by atoms with Gasteiger partial charge >= 0.3 is 152 Å². The molecule has 0 aromatic heterocycles. The van der Waals surface area contributed by atoms with Gasteiger partial charge in [-0.15, -0.1) is 0 Å². The maximum atomic E-state index is 12.4. The molecule has 0 N–H and O–H groups in total. The zero-order chi connectivity index (χ0) is 73.5. The van der Waals surface area contributed by atoms with E-state index in [1.807, 2.05) is 45.7 Å². The van der Waals surface area contributed by atoms with E-state index in [0.717, 1.165) is 25.3 Å². The average Bonchev–Trinajstić information content (AvgIpc) is 0.818. The average molecular weight is 1600 g/mol. The normalized spacial score (nSPS) is 14.4. The molecule has 1 unspecified atom stereocenters. The van der Waals surface area contributed by atoms with Gasteiger partial charge in [0, 0.05) is 12.4 Å². The standard InChI is InChI=1S/C32H86O12Si11.C11H22O4.C10H17F3NO6S2.K/c1-27-32(2,3)31(33)34-29-28-30-46(7,8)36-48(11,12)38-50(15,16)40-52(19,20)42-54(23,24)44-55(25,26)43-53(21,22)41-51(17,18)39-49(13,14)37-47(9,10)35-45(4,5)6;1-4-10(3)11(12)15-9-8-14-7-6-13-5-2;1-4-9(2,3)8(15)20-6-5-7-21(16,17)14-22(18,19)10(11,12)13;/h27-30H2,1-26H3;10H,4-9H2,1-3H3;4-7H2,1-3H3;/q;;-1;+1. The number of esters is 3. The first-order chi connectivity index (χ1) is 40.6. The van der Waals surface area contributed by atoms with E-state index in [0.29, 0.717) is 46.1 Å². The zero-order valence-corrected chi connectivity index (χ0v) is 79.1. The number of carbonyl (C=O) groups is 3. The summed E-state index contributed by atoms with van der Waals surface area (Å²) in [4.78, 5) is 35.1. The van der Waals surface area contributed by atoms with Gasteiger partial charge in [0.1, 0.15) is 6.61 Å². The predicted molar refractivity (Wildman–Crippen MR) is 383 cm³/mol. The molecular formula is C53H125F3KNO22S2Si11. The minimum absolute atomic E-state index is 0. The van der Waals surface area contributed by atoms with Gasteiger partial charge in [-0.05, 0) is 223 Å². The minimum atomic E-state index is -6.11. The predicted octanol–water partition coefficient (Wildman–Crippen LogP) is 11.4. The maximum absolute atomic E-state index is 12.4. The van der Waals surface area contributed by atoms with E-state index in [1.54, 1.807) is 20.8 Å². The van der Waals surface area contributed by atoms with Crippen LogP contribution in [-0.2, 0) is 99.3 Å². The Hall–Kier alpha value is 1.60. The number of ether oxygens (including phenoxy) is 5. The van der Waals surface area contributed by atoms with Crippen LogP contribution in [0.4, 0.5) is 13.2 Å². The van der Waals surface area contributed by atoms with Crippen molar-refractivity contribution < 1.29 is 161 Å². The van der Waals surface area contributed by atoms with E-state index in [-0.39, 0.29) is 82.3 Å². The molecule has 0 bridgehead atoms. The Kier molecular flexibility index (Phi) is 44.7. The fourth-order valence-corrected chi connectivity index (χ4v) is 66.9. The van der Waals surface area contributed by atoms with Crippen LogP contribution in [0, 0.1) is 16.7 Å². The smallest absolute Gasteiger partial charge is 0.465 e. The van der Waals surface area contributed by atoms with Crippen LogP contribution in [0.2, 0.25) is 157 Å². The Balaban J connectivity index is -0.000000844. The van der Waals surface area contributed by atoms with E-state index in [9.17, 15) is 44.4 Å². The molecule has 0 saturated heterocycles. The second kappa shape index (κ2) is 41.2. The number of alkyl halides is 3. The third kappa shape index (κ3) is 49.8. The van der Waals surface area contributed by atoms with Gasteiger partial charge < -0.3 is 69.0 Å². The number of hydrogen-bond acceptors (Lipinski definition) is 22. The SMILES string of the molecule is CCC(C)(C)C(=O)OCCCS(=O)(=O)[N-]S(=O)(=O)C(F)(F)F.CCC(C)(C)C(=O)OCCC[Si](C)(C)O[Si](C)(C)O[Si](C)(C)O[Si](C)(C)O[Si](C)(C)O[Si](C)(C)O[Si](C)(C)O[Si](C)(C)O[Si](C)(C)O[Si](C)(C)O[Si](C)(C)C.CCOCCOCCOC(=O)C(C)CC.[K+]. The molecule has 552 valence electrons. The molecule has 0 amide bonds. The molecule has 0 spiro atoms. The molecule has 0 rings (SSSR count). The van der Waals surface area contributed by atoms with E-state index >= 15 is 0 Å². The van der Waals surface area contributed by atoms with Gasteiger partial charge in [-0.1, -0.05) is 27.7 Å². The van der Waals surface area contributed by atoms with Gasteiger partial charge in [-0.2, -0.15) is 13.2 Å². The molecule has 93 heavy (non-hydrogen) atoms. The quantitative estimate of drug-likeness (QED) is 0.0237. The summed E-state index contributed by atoms with van der Waals surface area (Å²) in [6, 6.07) is 0.872. The molecule has 0 aromatic rings. The number of carbonyl (C=O) groups excluding carboxylic acids is 3. The summed E-state index contributed by atoms with van der Waals surface area (Å²) < 4.78 is 175. The molecule has 0 aliphatic heterocycles. The van der Waals surface area contributed by atoms with Crippen molar-refractivity contribution in [3.63, 3.8) is 0 Å². The zero-order valence-electron chi connectivity index (χ0n) is 63.4. The van der Waals surface area contributed by atoms with Crippen molar-refractivity contribution in [1.29, 1.82) is 0 Å². The molecule has 40 heteroatoms. The van der Waals surface area contributed by atoms with Crippen molar-refractivity contribution in [3.8, 4) is 0 Å². The van der Waals surface area contributed by atoms with Crippen molar-refractivity contribution in [2.45, 2.75) is 257 Å². The molecule has 0 fully saturated rings. The Morgan fingerprint density at radius 1 is 0.430 bits per heavy atom. The van der Waals surface area contributed by atoms with E-state index in [1.165, 1.54) is 0 Å². The van der Waals surface area contributed by atoms with Gasteiger partial charge in [-0.3, -0.25) is 14.4 Å². The molecule has 0 radical (unpaired) electrons. The summed E-state index contributed by atoms with van der Waals surface area (Å²) in [7, 11) is -38.6. The Morgan fingerprint density at radius 2 is 0.731 bits per heavy atom. The fourth-order valence-electron chi connectivity index (χ4n) is 9.23. The monoisotopic (exact) mass is 1600 g/mol. The molecule has 0 aliphatic carbocycles. The number of halogens is 3. The largest absolute Gasteiger partial charge is 1.00 e. The van der Waals surface area contributed by atoms with Crippen LogP contribution in [0.25, 0.3) is 4.13 Å².